The molecule has 0 unspecified atom stereocenters. The van der Waals surface area contributed by atoms with E-state index in [1.807, 2.05) is 31.2 Å². The lowest BCUT2D eigenvalue weighted by Gasteiger charge is -2.27. The SMILES string of the molecule is CCC(=O)c1ccc(OCCCC[NH+]2CC[NH+](C)CC2)cc1. The quantitative estimate of drug-likeness (QED) is 0.518. The molecule has 0 atom stereocenters. The van der Waals surface area contributed by atoms with Crippen LogP contribution >= 0.6 is 0 Å². The molecule has 0 spiro atoms. The molecule has 0 radical (unpaired) electrons. The summed E-state index contributed by atoms with van der Waals surface area (Å²) in [5.41, 5.74) is 0.774. The van der Waals surface area contributed by atoms with E-state index in [0.29, 0.717) is 6.42 Å². The van der Waals surface area contributed by atoms with Crippen LogP contribution in [0.1, 0.15) is 36.5 Å². The minimum Gasteiger partial charge on any atom is -0.494 e. The fraction of sp³-hybridized carbons (Fsp3) is 0.611. The first-order chi connectivity index (χ1) is 10.7. The number of ketones is 1. The second-order valence-electron chi connectivity index (χ2n) is 6.31. The van der Waals surface area contributed by atoms with Crippen molar-refractivity contribution in [3.8, 4) is 5.75 Å². The Morgan fingerprint density at radius 3 is 2.41 bits per heavy atom. The molecule has 1 saturated heterocycles. The number of hydrogen-bond donors (Lipinski definition) is 2. The highest BCUT2D eigenvalue weighted by Gasteiger charge is 2.18. The van der Waals surface area contributed by atoms with Gasteiger partial charge < -0.3 is 14.5 Å². The van der Waals surface area contributed by atoms with Crippen LogP contribution < -0.4 is 14.5 Å². The molecule has 1 aliphatic rings. The Balaban J connectivity index is 1.59. The monoisotopic (exact) mass is 306 g/mol. The lowest BCUT2D eigenvalue weighted by Crippen LogP contribution is -3.27. The van der Waals surface area contributed by atoms with E-state index in [-0.39, 0.29) is 5.78 Å². The Labute approximate surface area is 134 Å². The molecule has 0 aromatic heterocycles. The fourth-order valence-electron chi connectivity index (χ4n) is 2.89. The number of benzene rings is 1. The third-order valence-corrected chi connectivity index (χ3v) is 4.50. The largest absolute Gasteiger partial charge is 0.494 e. The third kappa shape index (κ3) is 5.43. The van der Waals surface area contributed by atoms with Gasteiger partial charge >= 0.3 is 0 Å². The Kier molecular flexibility index (Phi) is 6.87. The zero-order valence-corrected chi connectivity index (χ0v) is 14.0. The van der Waals surface area contributed by atoms with Crippen LogP contribution in [-0.4, -0.2) is 52.2 Å². The summed E-state index contributed by atoms with van der Waals surface area (Å²) in [5.74, 6) is 1.05. The number of ether oxygens (including phenoxy) is 1. The average Bonchev–Trinajstić information content (AvgIpc) is 2.56. The van der Waals surface area contributed by atoms with Crippen LogP contribution in [0.5, 0.6) is 5.75 Å². The van der Waals surface area contributed by atoms with E-state index in [9.17, 15) is 4.79 Å². The van der Waals surface area contributed by atoms with Crippen molar-refractivity contribution >= 4 is 5.78 Å². The fourth-order valence-corrected chi connectivity index (χ4v) is 2.89. The Morgan fingerprint density at radius 2 is 1.77 bits per heavy atom. The number of Topliss-reactive ketones (excluding diaryl/α,β-unsaturated/α-hetero) is 1. The second kappa shape index (κ2) is 8.91. The van der Waals surface area contributed by atoms with Gasteiger partial charge in [0.2, 0.25) is 0 Å². The number of carbonyl (C=O) groups excluding carboxylic acids is 1. The Hall–Kier alpha value is -1.39. The summed E-state index contributed by atoms with van der Waals surface area (Å²) in [6.07, 6.45) is 2.87. The van der Waals surface area contributed by atoms with E-state index in [1.165, 1.54) is 39.1 Å². The number of piperazine rings is 1. The summed E-state index contributed by atoms with van der Waals surface area (Å²) in [6.45, 7) is 9.12. The van der Waals surface area contributed by atoms with Crippen molar-refractivity contribution in [3.05, 3.63) is 29.8 Å². The van der Waals surface area contributed by atoms with Crippen molar-refractivity contribution < 1.29 is 19.3 Å². The van der Waals surface area contributed by atoms with E-state index in [0.717, 1.165) is 24.3 Å². The zero-order valence-electron chi connectivity index (χ0n) is 14.0. The number of rotatable bonds is 8. The molecule has 1 aromatic rings. The number of unbranched alkanes of at least 4 members (excludes halogenated alkanes) is 1. The number of quaternary nitrogens is 2. The summed E-state index contributed by atoms with van der Waals surface area (Å²) in [7, 11) is 2.28. The lowest BCUT2D eigenvalue weighted by atomic mass is 10.1. The van der Waals surface area contributed by atoms with Crippen molar-refractivity contribution in [1.29, 1.82) is 0 Å². The molecule has 4 nitrogen and oxygen atoms in total. The predicted molar refractivity (Wildman–Crippen MR) is 88.0 cm³/mol. The van der Waals surface area contributed by atoms with Crippen molar-refractivity contribution in [1.82, 2.24) is 0 Å². The van der Waals surface area contributed by atoms with Gasteiger partial charge in [0.1, 0.15) is 31.9 Å². The highest BCUT2D eigenvalue weighted by molar-refractivity contribution is 5.95. The summed E-state index contributed by atoms with van der Waals surface area (Å²) in [5, 5.41) is 0. The smallest absolute Gasteiger partial charge is 0.162 e. The van der Waals surface area contributed by atoms with Gasteiger partial charge in [-0.2, -0.15) is 0 Å². The number of nitrogens with one attached hydrogen (secondary N) is 2. The molecule has 0 amide bonds. The van der Waals surface area contributed by atoms with Crippen molar-refractivity contribution in [2.24, 2.45) is 0 Å². The average molecular weight is 306 g/mol. The van der Waals surface area contributed by atoms with E-state index < -0.39 is 0 Å². The maximum absolute atomic E-state index is 11.5. The number of likely N-dealkylation sites (N-methyl/N-ethyl adjacent to an activating group) is 1. The van der Waals surface area contributed by atoms with Gasteiger partial charge in [0.05, 0.1) is 20.2 Å². The Morgan fingerprint density at radius 1 is 1.09 bits per heavy atom. The van der Waals surface area contributed by atoms with Gasteiger partial charge in [0.25, 0.3) is 0 Å². The third-order valence-electron chi connectivity index (χ3n) is 4.50. The van der Waals surface area contributed by atoms with Gasteiger partial charge in [0, 0.05) is 12.0 Å². The van der Waals surface area contributed by atoms with Crippen molar-refractivity contribution in [3.63, 3.8) is 0 Å². The lowest BCUT2D eigenvalue weighted by molar-refractivity contribution is -1.00. The molecule has 0 saturated carbocycles. The van der Waals surface area contributed by atoms with Gasteiger partial charge in [-0.25, -0.2) is 0 Å². The van der Waals surface area contributed by atoms with Crippen LogP contribution in [0.3, 0.4) is 0 Å². The number of carbonyl (C=O) groups is 1. The first-order valence-corrected chi connectivity index (χ1v) is 8.60. The van der Waals surface area contributed by atoms with Gasteiger partial charge in [-0.1, -0.05) is 6.92 Å². The van der Waals surface area contributed by atoms with E-state index in [2.05, 4.69) is 7.05 Å². The maximum atomic E-state index is 11.5. The van der Waals surface area contributed by atoms with Crippen LogP contribution in [0, 0.1) is 0 Å². The molecule has 2 rings (SSSR count). The van der Waals surface area contributed by atoms with E-state index in [4.69, 9.17) is 4.74 Å². The first kappa shape index (κ1) is 17.0. The topological polar surface area (TPSA) is 35.2 Å². The molecule has 2 N–H and O–H groups in total. The van der Waals surface area contributed by atoms with E-state index in [1.54, 1.807) is 9.80 Å². The normalized spacial score (nSPS) is 21.5. The van der Waals surface area contributed by atoms with Crippen LogP contribution in [-0.2, 0) is 0 Å². The van der Waals surface area contributed by atoms with Crippen LogP contribution in [0.2, 0.25) is 0 Å². The summed E-state index contributed by atoms with van der Waals surface area (Å²) >= 11 is 0. The highest BCUT2D eigenvalue weighted by atomic mass is 16.5. The standard InChI is InChI=1S/C18H28N2O2/c1-3-18(21)16-6-8-17(9-7-16)22-15-5-4-10-20-13-11-19(2)12-14-20/h6-9H,3-5,10-15H2,1-2H3/p+2. The molecular formula is C18H30N2O2+2. The van der Waals surface area contributed by atoms with Crippen LogP contribution in [0.15, 0.2) is 24.3 Å². The second-order valence-corrected chi connectivity index (χ2v) is 6.31. The van der Waals surface area contributed by atoms with E-state index >= 15 is 0 Å². The van der Waals surface area contributed by atoms with Crippen LogP contribution in [0.25, 0.3) is 0 Å². The molecule has 22 heavy (non-hydrogen) atoms. The molecular weight excluding hydrogens is 276 g/mol. The molecule has 0 bridgehead atoms. The van der Waals surface area contributed by atoms with Crippen molar-refractivity contribution in [2.75, 3.05) is 46.4 Å². The summed E-state index contributed by atoms with van der Waals surface area (Å²) in [4.78, 5) is 15.0. The minimum atomic E-state index is 0.184. The molecule has 0 aliphatic carbocycles. The molecule has 4 heteroatoms. The molecule has 122 valence electrons. The van der Waals surface area contributed by atoms with Crippen LogP contribution in [0.4, 0.5) is 0 Å². The molecule has 1 heterocycles. The van der Waals surface area contributed by atoms with Gasteiger partial charge in [0.15, 0.2) is 5.78 Å². The molecule has 1 aliphatic heterocycles. The zero-order chi connectivity index (χ0) is 15.8. The minimum absolute atomic E-state index is 0.184. The van der Waals surface area contributed by atoms with Crippen molar-refractivity contribution in [2.45, 2.75) is 26.2 Å². The van der Waals surface area contributed by atoms with Gasteiger partial charge in [-0.3, -0.25) is 4.79 Å². The number of hydrogen-bond acceptors (Lipinski definition) is 2. The highest BCUT2D eigenvalue weighted by Crippen LogP contribution is 2.13. The molecule has 1 fully saturated rings. The van der Waals surface area contributed by atoms with Gasteiger partial charge in [-0.05, 0) is 37.1 Å². The Bertz CT molecular complexity index is 451. The molecule has 1 aromatic carbocycles. The summed E-state index contributed by atoms with van der Waals surface area (Å²) in [6, 6.07) is 7.52. The summed E-state index contributed by atoms with van der Waals surface area (Å²) < 4.78 is 5.76. The van der Waals surface area contributed by atoms with Gasteiger partial charge in [-0.15, -0.1) is 0 Å². The first-order valence-electron chi connectivity index (χ1n) is 8.60. The predicted octanol–water partition coefficient (Wildman–Crippen LogP) is -0.148. The maximum Gasteiger partial charge on any atom is 0.162 e.